The van der Waals surface area contributed by atoms with Crippen molar-refractivity contribution in [1.29, 1.82) is 0 Å². The summed E-state index contributed by atoms with van der Waals surface area (Å²) in [5.41, 5.74) is -0.315. The van der Waals surface area contributed by atoms with Crippen molar-refractivity contribution < 1.29 is 18.8 Å². The number of hydrogen-bond acceptors (Lipinski definition) is 7. The van der Waals surface area contributed by atoms with Gasteiger partial charge >= 0.3 is 5.97 Å². The number of nitro benzene ring substituents is 1. The molecule has 0 saturated carbocycles. The number of aryl methyl sites for hydroxylation is 1. The Morgan fingerprint density at radius 1 is 1.55 bits per heavy atom. The van der Waals surface area contributed by atoms with Gasteiger partial charge in [-0.25, -0.2) is 14.2 Å². The molecule has 0 spiro atoms. The van der Waals surface area contributed by atoms with Crippen LogP contribution in [0.5, 0.6) is 0 Å². The molecule has 9 heteroatoms. The molecule has 2 aromatic rings. The molecule has 1 aromatic carbocycles. The highest BCUT2D eigenvalue weighted by atomic mass is 32.1. The highest BCUT2D eigenvalue weighted by molar-refractivity contribution is 7.16. The fourth-order valence-corrected chi connectivity index (χ4v) is 2.55. The first-order valence-corrected chi connectivity index (χ1v) is 7.09. The van der Waals surface area contributed by atoms with Crippen LogP contribution in [0.25, 0.3) is 0 Å². The normalized spacial score (nSPS) is 10.3. The van der Waals surface area contributed by atoms with Crippen molar-refractivity contribution >= 4 is 33.7 Å². The van der Waals surface area contributed by atoms with Crippen LogP contribution in [0.4, 0.5) is 20.8 Å². The fraction of sp³-hybridized carbons (Fsp3) is 0.231. The molecule has 116 valence electrons. The zero-order valence-corrected chi connectivity index (χ0v) is 12.6. The number of aromatic nitrogens is 1. The Morgan fingerprint density at radius 2 is 2.27 bits per heavy atom. The minimum Gasteiger partial charge on any atom is -0.461 e. The lowest BCUT2D eigenvalue weighted by Crippen LogP contribution is -2.08. The van der Waals surface area contributed by atoms with Crippen molar-refractivity contribution in [1.82, 2.24) is 4.98 Å². The number of ether oxygens (including phenoxy) is 1. The molecule has 0 amide bonds. The number of nitrogens with one attached hydrogen (secondary N) is 1. The molecular formula is C13H12FN3O4S. The average Bonchev–Trinajstić information content (AvgIpc) is 2.82. The van der Waals surface area contributed by atoms with Gasteiger partial charge in [0.15, 0.2) is 5.69 Å². The summed E-state index contributed by atoms with van der Waals surface area (Å²) in [5.74, 6) is -1.34. The number of halogens is 1. The van der Waals surface area contributed by atoms with Gasteiger partial charge in [-0.05, 0) is 26.0 Å². The van der Waals surface area contributed by atoms with E-state index in [-0.39, 0.29) is 18.0 Å². The summed E-state index contributed by atoms with van der Waals surface area (Å²) in [7, 11) is 0. The van der Waals surface area contributed by atoms with Crippen molar-refractivity contribution in [2.45, 2.75) is 13.8 Å². The first-order valence-electron chi connectivity index (χ1n) is 6.28. The second-order valence-corrected chi connectivity index (χ2v) is 5.38. The molecule has 7 nitrogen and oxygen atoms in total. The van der Waals surface area contributed by atoms with E-state index in [0.717, 1.165) is 23.5 Å². The van der Waals surface area contributed by atoms with E-state index in [1.807, 2.05) is 0 Å². The number of esters is 1. The molecule has 0 atom stereocenters. The van der Waals surface area contributed by atoms with Crippen LogP contribution >= 0.6 is 11.3 Å². The van der Waals surface area contributed by atoms with Crippen molar-refractivity contribution in [3.63, 3.8) is 0 Å². The molecule has 0 aliphatic rings. The first-order chi connectivity index (χ1) is 10.4. The lowest BCUT2D eigenvalue weighted by molar-refractivity contribution is -0.384. The highest BCUT2D eigenvalue weighted by Gasteiger charge is 2.21. The van der Waals surface area contributed by atoms with Gasteiger partial charge in [0.05, 0.1) is 22.6 Å². The number of carbonyl (C=O) groups is 1. The van der Waals surface area contributed by atoms with Crippen LogP contribution in [0.1, 0.15) is 22.4 Å². The number of nitrogens with zero attached hydrogens (tertiary/aromatic N) is 2. The largest absolute Gasteiger partial charge is 0.461 e. The van der Waals surface area contributed by atoms with E-state index in [1.165, 1.54) is 6.07 Å². The maximum Gasteiger partial charge on any atom is 0.360 e. The lowest BCUT2D eigenvalue weighted by Gasteiger charge is -2.06. The Morgan fingerprint density at radius 3 is 2.91 bits per heavy atom. The standard InChI is InChI=1S/C13H12FN3O4S/c1-3-21-13(18)11-12(22-7(2)15-11)16-9-5-4-8(14)6-10(9)17(19)20/h4-6,16H,3H2,1-2H3. The van der Waals surface area contributed by atoms with Gasteiger partial charge in [0.1, 0.15) is 16.5 Å². The van der Waals surface area contributed by atoms with Gasteiger partial charge in [-0.3, -0.25) is 10.1 Å². The zero-order valence-electron chi connectivity index (χ0n) is 11.8. The van der Waals surface area contributed by atoms with E-state index in [2.05, 4.69) is 10.3 Å². The quantitative estimate of drug-likeness (QED) is 0.514. The van der Waals surface area contributed by atoms with E-state index in [0.29, 0.717) is 10.0 Å². The Kier molecular flexibility index (Phi) is 4.66. The summed E-state index contributed by atoms with van der Waals surface area (Å²) < 4.78 is 18.0. The zero-order chi connectivity index (χ0) is 16.3. The van der Waals surface area contributed by atoms with Crippen molar-refractivity contribution in [2.75, 3.05) is 11.9 Å². The van der Waals surface area contributed by atoms with E-state index in [1.54, 1.807) is 13.8 Å². The summed E-state index contributed by atoms with van der Waals surface area (Å²) in [5, 5.41) is 14.6. The minimum atomic E-state index is -0.719. The summed E-state index contributed by atoms with van der Waals surface area (Å²) in [6.45, 7) is 3.54. The molecule has 1 aromatic heterocycles. The third kappa shape index (κ3) is 3.37. The second kappa shape index (κ2) is 6.48. The van der Waals surface area contributed by atoms with Crippen LogP contribution in [0.15, 0.2) is 18.2 Å². The van der Waals surface area contributed by atoms with Gasteiger partial charge in [-0.15, -0.1) is 11.3 Å². The van der Waals surface area contributed by atoms with E-state index >= 15 is 0 Å². The Hall–Kier alpha value is -2.55. The van der Waals surface area contributed by atoms with Crippen LogP contribution < -0.4 is 5.32 Å². The molecular weight excluding hydrogens is 313 g/mol. The topological polar surface area (TPSA) is 94.4 Å². The minimum absolute atomic E-state index is 0.0444. The number of rotatable bonds is 5. The number of benzene rings is 1. The molecule has 2 rings (SSSR count). The van der Waals surface area contributed by atoms with Crippen LogP contribution in [0.3, 0.4) is 0 Å². The molecule has 1 heterocycles. The molecule has 0 bridgehead atoms. The van der Waals surface area contributed by atoms with Gasteiger partial charge in [0, 0.05) is 0 Å². The van der Waals surface area contributed by atoms with Crippen molar-refractivity contribution in [2.24, 2.45) is 0 Å². The molecule has 0 radical (unpaired) electrons. The molecule has 0 unspecified atom stereocenters. The van der Waals surface area contributed by atoms with Crippen LogP contribution in [-0.4, -0.2) is 22.5 Å². The van der Waals surface area contributed by atoms with E-state index in [9.17, 15) is 19.3 Å². The van der Waals surface area contributed by atoms with E-state index < -0.39 is 22.4 Å². The third-order valence-corrected chi connectivity index (χ3v) is 3.49. The fourth-order valence-electron chi connectivity index (χ4n) is 1.73. The molecule has 0 aliphatic carbocycles. The highest BCUT2D eigenvalue weighted by Crippen LogP contribution is 2.33. The van der Waals surface area contributed by atoms with Crippen molar-refractivity contribution in [3.8, 4) is 0 Å². The molecule has 0 fully saturated rings. The van der Waals surface area contributed by atoms with Crippen molar-refractivity contribution in [3.05, 3.63) is 44.8 Å². The number of nitro groups is 1. The van der Waals surface area contributed by atoms with E-state index in [4.69, 9.17) is 4.74 Å². The van der Waals surface area contributed by atoms with Gasteiger partial charge in [0.25, 0.3) is 5.69 Å². The SMILES string of the molecule is CCOC(=O)c1nc(C)sc1Nc1ccc(F)cc1[N+](=O)[O-]. The van der Waals surface area contributed by atoms with Crippen LogP contribution in [-0.2, 0) is 4.74 Å². The maximum atomic E-state index is 13.1. The monoisotopic (exact) mass is 325 g/mol. The molecule has 22 heavy (non-hydrogen) atoms. The van der Waals surface area contributed by atoms with Crippen LogP contribution in [0, 0.1) is 22.9 Å². The number of thiazole rings is 1. The van der Waals surface area contributed by atoms with Gasteiger partial charge in [-0.1, -0.05) is 0 Å². The lowest BCUT2D eigenvalue weighted by atomic mass is 10.2. The summed E-state index contributed by atoms with van der Waals surface area (Å²) in [4.78, 5) is 26.2. The molecule has 0 aliphatic heterocycles. The maximum absolute atomic E-state index is 13.1. The van der Waals surface area contributed by atoms with Crippen LogP contribution in [0.2, 0.25) is 0 Å². The Balaban J connectivity index is 2.40. The smallest absolute Gasteiger partial charge is 0.360 e. The second-order valence-electron chi connectivity index (χ2n) is 4.17. The van der Waals surface area contributed by atoms with Gasteiger partial charge < -0.3 is 10.1 Å². The summed E-state index contributed by atoms with van der Waals surface area (Å²) >= 11 is 1.15. The average molecular weight is 325 g/mol. The number of anilines is 2. The summed E-state index contributed by atoms with van der Waals surface area (Å²) in [6, 6.07) is 3.13. The Bertz CT molecular complexity index is 732. The first kappa shape index (κ1) is 15.8. The molecule has 1 N–H and O–H groups in total. The number of hydrogen-bond donors (Lipinski definition) is 1. The Labute approximate surface area is 128 Å². The van der Waals surface area contributed by atoms with Gasteiger partial charge in [-0.2, -0.15) is 0 Å². The third-order valence-electron chi connectivity index (χ3n) is 2.61. The predicted molar refractivity (Wildman–Crippen MR) is 79.1 cm³/mol. The van der Waals surface area contributed by atoms with Gasteiger partial charge in [0.2, 0.25) is 0 Å². The molecule has 0 saturated heterocycles. The summed E-state index contributed by atoms with van der Waals surface area (Å²) in [6.07, 6.45) is 0. The predicted octanol–water partition coefficient (Wildman–Crippen LogP) is 3.42. The number of carbonyl (C=O) groups excluding carboxylic acids is 1.